The van der Waals surface area contributed by atoms with E-state index in [1.165, 1.54) is 0 Å². The van der Waals surface area contributed by atoms with E-state index in [1.54, 1.807) is 0 Å². The van der Waals surface area contributed by atoms with Crippen molar-refractivity contribution in [2.45, 2.75) is 18.9 Å². The zero-order chi connectivity index (χ0) is 13.8. The van der Waals surface area contributed by atoms with Crippen LogP contribution in [0.3, 0.4) is 0 Å². The highest BCUT2D eigenvalue weighted by Crippen LogP contribution is 2.30. The molecule has 5 heteroatoms. The van der Waals surface area contributed by atoms with E-state index in [4.69, 9.17) is 14.2 Å². The highest BCUT2D eigenvalue weighted by molar-refractivity contribution is 5.78. The number of ether oxygens (including phenoxy) is 3. The van der Waals surface area contributed by atoms with Gasteiger partial charge in [-0.15, -0.1) is 0 Å². The van der Waals surface area contributed by atoms with Gasteiger partial charge in [0.1, 0.15) is 12.7 Å². The first kappa shape index (κ1) is 13.2. The topological polar surface area (TPSA) is 56.8 Å². The number of carbonyl (C=O) groups excluding carboxylic acids is 1. The summed E-state index contributed by atoms with van der Waals surface area (Å²) in [6.07, 6.45) is 1.47. The standard InChI is InChI=1S/C15H19NO4/c17-15(11-5-7-18-8-6-11)16-9-12-10-19-13-3-1-2-4-14(13)20-12/h1-4,11-12H,5-10H2,(H,16,17). The summed E-state index contributed by atoms with van der Waals surface area (Å²) in [6, 6.07) is 7.58. The number of rotatable bonds is 3. The molecule has 1 fully saturated rings. The van der Waals surface area contributed by atoms with Gasteiger partial charge in [-0.05, 0) is 25.0 Å². The van der Waals surface area contributed by atoms with Gasteiger partial charge in [0.25, 0.3) is 0 Å². The summed E-state index contributed by atoms with van der Waals surface area (Å²) >= 11 is 0. The lowest BCUT2D eigenvalue weighted by Crippen LogP contribution is -2.43. The van der Waals surface area contributed by atoms with Crippen LogP contribution in [0.2, 0.25) is 0 Å². The molecule has 20 heavy (non-hydrogen) atoms. The number of carbonyl (C=O) groups is 1. The van der Waals surface area contributed by atoms with E-state index < -0.39 is 0 Å². The van der Waals surface area contributed by atoms with Crippen molar-refractivity contribution in [2.75, 3.05) is 26.4 Å². The lowest BCUT2D eigenvalue weighted by Gasteiger charge is -2.27. The minimum absolute atomic E-state index is 0.0699. The maximum Gasteiger partial charge on any atom is 0.223 e. The summed E-state index contributed by atoms with van der Waals surface area (Å²) in [6.45, 7) is 2.29. The van der Waals surface area contributed by atoms with E-state index in [0.29, 0.717) is 26.4 Å². The summed E-state index contributed by atoms with van der Waals surface area (Å²) in [5.74, 6) is 1.67. The second-order valence-electron chi connectivity index (χ2n) is 5.13. The van der Waals surface area contributed by atoms with Crippen LogP contribution in [0.5, 0.6) is 11.5 Å². The van der Waals surface area contributed by atoms with Crippen LogP contribution in [-0.2, 0) is 9.53 Å². The summed E-state index contributed by atoms with van der Waals surface area (Å²) < 4.78 is 16.7. The van der Waals surface area contributed by atoms with Gasteiger partial charge in [0, 0.05) is 19.1 Å². The molecule has 2 aliphatic heterocycles. The Labute approximate surface area is 118 Å². The largest absolute Gasteiger partial charge is 0.486 e. The zero-order valence-electron chi connectivity index (χ0n) is 11.3. The fourth-order valence-corrected chi connectivity index (χ4v) is 2.48. The SMILES string of the molecule is O=C(NCC1COc2ccccc2O1)C1CCOCC1. The highest BCUT2D eigenvalue weighted by Gasteiger charge is 2.24. The number of nitrogens with one attached hydrogen (secondary N) is 1. The Morgan fingerprint density at radius 1 is 1.20 bits per heavy atom. The number of fused-ring (bicyclic) bond motifs is 1. The fraction of sp³-hybridized carbons (Fsp3) is 0.533. The Bertz CT molecular complexity index is 471. The maximum atomic E-state index is 12.0. The molecule has 0 radical (unpaired) electrons. The van der Waals surface area contributed by atoms with Crippen molar-refractivity contribution in [3.8, 4) is 11.5 Å². The zero-order valence-corrected chi connectivity index (χ0v) is 11.3. The van der Waals surface area contributed by atoms with E-state index in [9.17, 15) is 4.79 Å². The van der Waals surface area contributed by atoms with Crippen LogP contribution in [-0.4, -0.2) is 38.4 Å². The molecule has 1 amide bonds. The van der Waals surface area contributed by atoms with Crippen molar-refractivity contribution in [2.24, 2.45) is 5.92 Å². The van der Waals surface area contributed by atoms with Crippen LogP contribution in [0.25, 0.3) is 0 Å². The van der Waals surface area contributed by atoms with E-state index in [1.807, 2.05) is 24.3 Å². The summed E-state index contributed by atoms with van der Waals surface area (Å²) in [7, 11) is 0. The molecule has 5 nitrogen and oxygen atoms in total. The van der Waals surface area contributed by atoms with Crippen LogP contribution < -0.4 is 14.8 Å². The third kappa shape index (κ3) is 3.04. The van der Waals surface area contributed by atoms with Crippen molar-refractivity contribution < 1.29 is 19.0 Å². The number of benzene rings is 1. The first-order chi connectivity index (χ1) is 9.83. The van der Waals surface area contributed by atoms with Crippen molar-refractivity contribution in [1.82, 2.24) is 5.32 Å². The average Bonchev–Trinajstić information content (AvgIpc) is 2.53. The van der Waals surface area contributed by atoms with Gasteiger partial charge in [0.15, 0.2) is 11.5 Å². The van der Waals surface area contributed by atoms with Gasteiger partial charge in [-0.2, -0.15) is 0 Å². The lowest BCUT2D eigenvalue weighted by atomic mass is 9.99. The molecule has 0 bridgehead atoms. The van der Waals surface area contributed by atoms with Gasteiger partial charge in [0.05, 0.1) is 6.54 Å². The molecule has 1 unspecified atom stereocenters. The van der Waals surface area contributed by atoms with Gasteiger partial charge in [-0.3, -0.25) is 4.79 Å². The Morgan fingerprint density at radius 2 is 1.95 bits per heavy atom. The molecule has 108 valence electrons. The molecule has 2 heterocycles. The van der Waals surface area contributed by atoms with E-state index in [-0.39, 0.29) is 17.9 Å². The number of amides is 1. The molecule has 0 aromatic heterocycles. The third-order valence-corrected chi connectivity index (χ3v) is 3.66. The van der Waals surface area contributed by atoms with E-state index in [0.717, 1.165) is 24.3 Å². The van der Waals surface area contributed by atoms with E-state index in [2.05, 4.69) is 5.32 Å². The van der Waals surface area contributed by atoms with Crippen molar-refractivity contribution in [1.29, 1.82) is 0 Å². The highest BCUT2D eigenvalue weighted by atomic mass is 16.6. The number of hydrogen-bond donors (Lipinski definition) is 1. The van der Waals surface area contributed by atoms with Gasteiger partial charge < -0.3 is 19.5 Å². The maximum absolute atomic E-state index is 12.0. The van der Waals surface area contributed by atoms with Crippen LogP contribution in [0, 0.1) is 5.92 Å². The molecular formula is C15H19NO4. The Morgan fingerprint density at radius 3 is 2.75 bits per heavy atom. The van der Waals surface area contributed by atoms with Crippen molar-refractivity contribution in [3.63, 3.8) is 0 Å². The molecule has 0 saturated carbocycles. The van der Waals surface area contributed by atoms with Crippen LogP contribution in [0.4, 0.5) is 0 Å². The lowest BCUT2D eigenvalue weighted by molar-refractivity contribution is -0.128. The molecule has 1 aromatic rings. The van der Waals surface area contributed by atoms with Crippen molar-refractivity contribution >= 4 is 5.91 Å². The Balaban J connectivity index is 1.49. The molecule has 0 spiro atoms. The average molecular weight is 277 g/mol. The molecule has 0 aliphatic carbocycles. The van der Waals surface area contributed by atoms with E-state index >= 15 is 0 Å². The summed E-state index contributed by atoms with van der Waals surface area (Å²) in [4.78, 5) is 12.0. The summed E-state index contributed by atoms with van der Waals surface area (Å²) in [5.41, 5.74) is 0. The van der Waals surface area contributed by atoms with Crippen LogP contribution in [0.15, 0.2) is 24.3 Å². The van der Waals surface area contributed by atoms with Crippen LogP contribution >= 0.6 is 0 Å². The van der Waals surface area contributed by atoms with Gasteiger partial charge in [-0.25, -0.2) is 0 Å². The number of hydrogen-bond acceptors (Lipinski definition) is 4. The minimum Gasteiger partial charge on any atom is -0.486 e. The first-order valence-electron chi connectivity index (χ1n) is 7.07. The quantitative estimate of drug-likeness (QED) is 0.906. The molecule has 1 atom stereocenters. The molecule has 1 aromatic carbocycles. The second-order valence-corrected chi connectivity index (χ2v) is 5.13. The van der Waals surface area contributed by atoms with Gasteiger partial charge in [-0.1, -0.05) is 12.1 Å². The smallest absolute Gasteiger partial charge is 0.223 e. The Kier molecular flexibility index (Phi) is 4.06. The van der Waals surface area contributed by atoms with Gasteiger partial charge in [0.2, 0.25) is 5.91 Å². The molecular weight excluding hydrogens is 258 g/mol. The Hall–Kier alpha value is -1.75. The predicted molar refractivity (Wildman–Crippen MR) is 72.9 cm³/mol. The normalized spacial score (nSPS) is 22.3. The van der Waals surface area contributed by atoms with Gasteiger partial charge >= 0.3 is 0 Å². The second kappa shape index (κ2) is 6.13. The molecule has 1 N–H and O–H groups in total. The van der Waals surface area contributed by atoms with Crippen LogP contribution in [0.1, 0.15) is 12.8 Å². The molecule has 2 aliphatic rings. The van der Waals surface area contributed by atoms with Crippen molar-refractivity contribution in [3.05, 3.63) is 24.3 Å². The fourth-order valence-electron chi connectivity index (χ4n) is 2.48. The third-order valence-electron chi connectivity index (χ3n) is 3.66. The molecule has 1 saturated heterocycles. The minimum atomic E-state index is -0.131. The molecule has 3 rings (SSSR count). The first-order valence-corrected chi connectivity index (χ1v) is 7.07. The predicted octanol–water partition coefficient (Wildman–Crippen LogP) is 1.37. The summed E-state index contributed by atoms with van der Waals surface area (Å²) in [5, 5.41) is 2.95. The monoisotopic (exact) mass is 277 g/mol. The number of para-hydroxylation sites is 2.